The van der Waals surface area contributed by atoms with E-state index in [0.717, 1.165) is 19.3 Å². The number of aliphatic hydroxyl groups is 2. The Morgan fingerprint density at radius 2 is 1.18 bits per heavy atom. The zero-order valence-corrected chi connectivity index (χ0v) is 11.9. The second-order valence-corrected chi connectivity index (χ2v) is 5.39. The van der Waals surface area contributed by atoms with Crippen LogP contribution in [0.1, 0.15) is 78.1 Å². The number of rotatable bonds is 12. The summed E-state index contributed by atoms with van der Waals surface area (Å²) in [7, 11) is 0. The van der Waals surface area contributed by atoms with Crippen LogP contribution in [0.3, 0.4) is 0 Å². The van der Waals surface area contributed by atoms with Crippen molar-refractivity contribution in [2.24, 2.45) is 5.41 Å². The van der Waals surface area contributed by atoms with Gasteiger partial charge in [0, 0.05) is 5.41 Å². The van der Waals surface area contributed by atoms with E-state index in [-0.39, 0.29) is 18.6 Å². The van der Waals surface area contributed by atoms with Gasteiger partial charge >= 0.3 is 0 Å². The summed E-state index contributed by atoms with van der Waals surface area (Å²) in [6.07, 6.45) is 12.3. The molecule has 0 fully saturated rings. The minimum absolute atomic E-state index is 0.122. The quantitative estimate of drug-likeness (QED) is 0.511. The summed E-state index contributed by atoms with van der Waals surface area (Å²) >= 11 is 0. The van der Waals surface area contributed by atoms with E-state index in [9.17, 15) is 10.2 Å². The number of unbranched alkanes of at least 4 members (excludes halogenated alkanes) is 7. The lowest BCUT2D eigenvalue weighted by molar-refractivity contribution is 0.0416. The highest BCUT2D eigenvalue weighted by atomic mass is 16.3. The minimum Gasteiger partial charge on any atom is -0.396 e. The van der Waals surface area contributed by atoms with Crippen LogP contribution < -0.4 is 0 Å². The predicted octanol–water partition coefficient (Wildman–Crippen LogP) is 3.90. The van der Waals surface area contributed by atoms with Crippen LogP contribution in [0, 0.1) is 5.41 Å². The van der Waals surface area contributed by atoms with Gasteiger partial charge in [0.1, 0.15) is 0 Å². The van der Waals surface area contributed by atoms with E-state index in [0.29, 0.717) is 0 Å². The molecule has 0 bridgehead atoms. The van der Waals surface area contributed by atoms with Gasteiger partial charge in [0.15, 0.2) is 0 Å². The van der Waals surface area contributed by atoms with Gasteiger partial charge in [0.05, 0.1) is 13.2 Å². The monoisotopic (exact) mass is 244 g/mol. The molecule has 0 aromatic rings. The minimum atomic E-state index is -0.220. The first-order valence-electron chi connectivity index (χ1n) is 7.46. The van der Waals surface area contributed by atoms with Gasteiger partial charge < -0.3 is 10.2 Å². The first-order valence-corrected chi connectivity index (χ1v) is 7.46. The van der Waals surface area contributed by atoms with Crippen LogP contribution in [0.15, 0.2) is 0 Å². The molecule has 0 aliphatic heterocycles. The summed E-state index contributed by atoms with van der Waals surface area (Å²) in [5.41, 5.74) is -0.220. The molecule has 2 heteroatoms. The van der Waals surface area contributed by atoms with Gasteiger partial charge in [-0.25, -0.2) is 0 Å². The molecule has 0 aromatic heterocycles. The first kappa shape index (κ1) is 16.9. The Morgan fingerprint density at radius 1 is 0.706 bits per heavy atom. The molecule has 0 rings (SSSR count). The molecule has 0 aliphatic rings. The van der Waals surface area contributed by atoms with E-state index >= 15 is 0 Å². The Hall–Kier alpha value is -0.0800. The van der Waals surface area contributed by atoms with Crippen LogP contribution in [0.25, 0.3) is 0 Å². The molecule has 0 saturated heterocycles. The van der Waals surface area contributed by atoms with Crippen molar-refractivity contribution in [3.8, 4) is 0 Å². The molecule has 17 heavy (non-hydrogen) atoms. The topological polar surface area (TPSA) is 40.5 Å². The van der Waals surface area contributed by atoms with Crippen molar-refractivity contribution in [2.45, 2.75) is 78.1 Å². The molecular weight excluding hydrogens is 212 g/mol. The highest BCUT2D eigenvalue weighted by molar-refractivity contribution is 4.75. The van der Waals surface area contributed by atoms with Gasteiger partial charge in [0.25, 0.3) is 0 Å². The van der Waals surface area contributed by atoms with E-state index in [2.05, 4.69) is 13.8 Å². The lowest BCUT2D eigenvalue weighted by atomic mass is 9.81. The van der Waals surface area contributed by atoms with Crippen LogP contribution >= 0.6 is 0 Å². The molecule has 0 aromatic carbocycles. The summed E-state index contributed by atoms with van der Waals surface area (Å²) in [5, 5.41) is 18.6. The van der Waals surface area contributed by atoms with Crippen LogP contribution in [0.4, 0.5) is 0 Å². The zero-order chi connectivity index (χ0) is 13.0. The Kier molecular flexibility index (Phi) is 11.0. The number of aliphatic hydroxyl groups excluding tert-OH is 2. The lowest BCUT2D eigenvalue weighted by Crippen LogP contribution is -2.28. The van der Waals surface area contributed by atoms with Crippen molar-refractivity contribution in [3.05, 3.63) is 0 Å². The van der Waals surface area contributed by atoms with E-state index in [1.165, 1.54) is 44.9 Å². The van der Waals surface area contributed by atoms with Gasteiger partial charge in [-0.1, -0.05) is 65.2 Å². The van der Waals surface area contributed by atoms with Crippen LogP contribution in [0.2, 0.25) is 0 Å². The van der Waals surface area contributed by atoms with E-state index in [4.69, 9.17) is 0 Å². The Balaban J connectivity index is 3.43. The maximum atomic E-state index is 9.32. The molecule has 0 spiro atoms. The second-order valence-electron chi connectivity index (χ2n) is 5.39. The van der Waals surface area contributed by atoms with Crippen molar-refractivity contribution >= 4 is 0 Å². The maximum absolute atomic E-state index is 9.32. The van der Waals surface area contributed by atoms with Crippen LogP contribution in [-0.4, -0.2) is 23.4 Å². The van der Waals surface area contributed by atoms with Crippen molar-refractivity contribution in [1.82, 2.24) is 0 Å². The van der Waals surface area contributed by atoms with E-state index in [1.807, 2.05) is 0 Å². The van der Waals surface area contributed by atoms with Crippen molar-refractivity contribution in [3.63, 3.8) is 0 Å². The predicted molar refractivity (Wildman–Crippen MR) is 74.1 cm³/mol. The first-order chi connectivity index (χ1) is 8.24. The molecule has 2 N–H and O–H groups in total. The van der Waals surface area contributed by atoms with Crippen molar-refractivity contribution in [2.75, 3.05) is 13.2 Å². The summed E-state index contributed by atoms with van der Waals surface area (Å²) < 4.78 is 0. The van der Waals surface area contributed by atoms with Gasteiger partial charge in [-0.05, 0) is 12.8 Å². The molecule has 0 aliphatic carbocycles. The second kappa shape index (κ2) is 11.0. The Bertz CT molecular complexity index is 145. The highest BCUT2D eigenvalue weighted by Crippen LogP contribution is 2.28. The standard InChI is InChI=1S/C15H32O2/c1-3-5-6-7-8-9-10-11-12-15(4-2,13-16)14-17/h16-17H,3-14H2,1-2H3. The van der Waals surface area contributed by atoms with E-state index in [1.54, 1.807) is 0 Å². The summed E-state index contributed by atoms with van der Waals surface area (Å²) in [4.78, 5) is 0. The van der Waals surface area contributed by atoms with Crippen LogP contribution in [0.5, 0.6) is 0 Å². The van der Waals surface area contributed by atoms with Gasteiger partial charge in [-0.3, -0.25) is 0 Å². The molecular formula is C15H32O2. The fourth-order valence-electron chi connectivity index (χ4n) is 2.24. The molecule has 0 heterocycles. The average molecular weight is 244 g/mol. The number of hydrogen-bond acceptors (Lipinski definition) is 2. The SMILES string of the molecule is CCCCCCCCCCC(CC)(CO)CO. The molecule has 0 saturated carbocycles. The average Bonchev–Trinajstić information content (AvgIpc) is 2.38. The normalized spacial score (nSPS) is 12.0. The molecule has 0 atom stereocenters. The summed E-state index contributed by atoms with van der Waals surface area (Å²) in [6, 6.07) is 0. The summed E-state index contributed by atoms with van der Waals surface area (Å²) in [6.45, 7) is 4.54. The van der Waals surface area contributed by atoms with Crippen molar-refractivity contribution in [1.29, 1.82) is 0 Å². The molecule has 2 nitrogen and oxygen atoms in total. The zero-order valence-electron chi connectivity index (χ0n) is 11.9. The van der Waals surface area contributed by atoms with Gasteiger partial charge in [-0.2, -0.15) is 0 Å². The van der Waals surface area contributed by atoms with Crippen LogP contribution in [-0.2, 0) is 0 Å². The molecule has 0 radical (unpaired) electrons. The van der Waals surface area contributed by atoms with Gasteiger partial charge in [0.2, 0.25) is 0 Å². The summed E-state index contributed by atoms with van der Waals surface area (Å²) in [5.74, 6) is 0. The smallest absolute Gasteiger partial charge is 0.0509 e. The highest BCUT2D eigenvalue weighted by Gasteiger charge is 2.25. The third kappa shape index (κ3) is 7.77. The van der Waals surface area contributed by atoms with E-state index < -0.39 is 0 Å². The number of hydrogen-bond donors (Lipinski definition) is 2. The fraction of sp³-hybridized carbons (Fsp3) is 1.00. The Labute approximate surface area is 107 Å². The third-order valence-electron chi connectivity index (χ3n) is 3.98. The lowest BCUT2D eigenvalue weighted by Gasteiger charge is -2.28. The molecule has 0 unspecified atom stereocenters. The van der Waals surface area contributed by atoms with Crippen molar-refractivity contribution < 1.29 is 10.2 Å². The Morgan fingerprint density at radius 3 is 1.59 bits per heavy atom. The molecule has 0 amide bonds. The fourth-order valence-corrected chi connectivity index (χ4v) is 2.24. The maximum Gasteiger partial charge on any atom is 0.0509 e. The third-order valence-corrected chi connectivity index (χ3v) is 3.98. The van der Waals surface area contributed by atoms with Gasteiger partial charge in [-0.15, -0.1) is 0 Å². The largest absolute Gasteiger partial charge is 0.396 e. The molecule has 104 valence electrons.